The van der Waals surface area contributed by atoms with Crippen LogP contribution in [-0.4, -0.2) is 25.2 Å². The van der Waals surface area contributed by atoms with Crippen molar-refractivity contribution in [3.05, 3.63) is 30.3 Å². The Morgan fingerprint density at radius 1 is 1.41 bits per heavy atom. The van der Waals surface area contributed by atoms with Gasteiger partial charge >= 0.3 is 0 Å². The van der Waals surface area contributed by atoms with Gasteiger partial charge in [0.05, 0.1) is 10.7 Å². The Labute approximate surface area is 107 Å². The molecule has 0 saturated carbocycles. The molecule has 0 aliphatic rings. The van der Waals surface area contributed by atoms with Crippen molar-refractivity contribution in [1.29, 1.82) is 0 Å². The topological polar surface area (TPSA) is 63.4 Å². The first-order valence-electron chi connectivity index (χ1n) is 5.27. The molecule has 0 amide bonds. The van der Waals surface area contributed by atoms with Crippen molar-refractivity contribution in [1.82, 2.24) is 0 Å². The third-order valence-electron chi connectivity index (χ3n) is 2.49. The van der Waals surface area contributed by atoms with E-state index in [9.17, 15) is 8.42 Å². The number of thiocarbonyl (C=S) groups is 1. The summed E-state index contributed by atoms with van der Waals surface area (Å²) in [5, 5.41) is -0.863. The average molecular weight is 272 g/mol. The SMILES string of the molecule is CCN(c1ccccc1)S(=O)(=O)C(C)C(N)=S. The van der Waals surface area contributed by atoms with Crippen molar-refractivity contribution in [3.63, 3.8) is 0 Å². The molecule has 0 radical (unpaired) electrons. The maximum Gasteiger partial charge on any atom is 0.244 e. The highest BCUT2D eigenvalue weighted by Crippen LogP contribution is 2.20. The van der Waals surface area contributed by atoms with E-state index in [1.807, 2.05) is 6.07 Å². The fourth-order valence-corrected chi connectivity index (χ4v) is 3.26. The third kappa shape index (κ3) is 2.95. The minimum absolute atomic E-state index is 0.0145. The van der Waals surface area contributed by atoms with Gasteiger partial charge in [-0.3, -0.25) is 4.31 Å². The van der Waals surface area contributed by atoms with E-state index in [-0.39, 0.29) is 4.99 Å². The summed E-state index contributed by atoms with van der Waals surface area (Å²) >= 11 is 4.76. The summed E-state index contributed by atoms with van der Waals surface area (Å²) in [5.41, 5.74) is 6.04. The van der Waals surface area contributed by atoms with Gasteiger partial charge in [-0.2, -0.15) is 0 Å². The van der Waals surface area contributed by atoms with Crippen LogP contribution in [0.4, 0.5) is 5.69 Å². The molecule has 1 rings (SSSR count). The fraction of sp³-hybridized carbons (Fsp3) is 0.364. The molecule has 17 heavy (non-hydrogen) atoms. The molecule has 0 fully saturated rings. The van der Waals surface area contributed by atoms with Gasteiger partial charge in [0.15, 0.2) is 0 Å². The quantitative estimate of drug-likeness (QED) is 0.825. The molecule has 6 heteroatoms. The molecular weight excluding hydrogens is 256 g/mol. The summed E-state index contributed by atoms with van der Waals surface area (Å²) in [5.74, 6) is 0. The Morgan fingerprint density at radius 2 is 1.94 bits per heavy atom. The van der Waals surface area contributed by atoms with Gasteiger partial charge in [-0.15, -0.1) is 0 Å². The molecule has 0 bridgehead atoms. The minimum atomic E-state index is -3.54. The zero-order valence-electron chi connectivity index (χ0n) is 9.83. The standard InChI is InChI=1S/C11H16N2O2S2/c1-3-13(10-7-5-4-6-8-10)17(14,15)9(2)11(12)16/h4-9H,3H2,1-2H3,(H2,12,16). The van der Waals surface area contributed by atoms with E-state index in [1.54, 1.807) is 31.2 Å². The molecule has 0 saturated heterocycles. The first-order chi connectivity index (χ1) is 7.91. The number of nitrogens with two attached hydrogens (primary N) is 1. The molecule has 0 heterocycles. The van der Waals surface area contributed by atoms with Crippen LogP contribution in [-0.2, 0) is 10.0 Å². The minimum Gasteiger partial charge on any atom is -0.392 e. The molecule has 4 nitrogen and oxygen atoms in total. The summed E-state index contributed by atoms with van der Waals surface area (Å²) in [7, 11) is -3.54. The fourth-order valence-electron chi connectivity index (χ4n) is 1.44. The molecule has 1 aromatic carbocycles. The maximum atomic E-state index is 12.3. The predicted molar refractivity (Wildman–Crippen MR) is 74.6 cm³/mol. The number of sulfonamides is 1. The lowest BCUT2D eigenvalue weighted by molar-refractivity contribution is 0.589. The van der Waals surface area contributed by atoms with Gasteiger partial charge < -0.3 is 5.73 Å². The molecule has 94 valence electrons. The maximum absolute atomic E-state index is 12.3. The van der Waals surface area contributed by atoms with Crippen molar-refractivity contribution < 1.29 is 8.42 Å². The molecule has 0 spiro atoms. The largest absolute Gasteiger partial charge is 0.392 e. The van der Waals surface area contributed by atoms with Crippen LogP contribution in [0.2, 0.25) is 0 Å². The van der Waals surface area contributed by atoms with Crippen LogP contribution >= 0.6 is 12.2 Å². The van der Waals surface area contributed by atoms with Crippen molar-refractivity contribution >= 4 is 32.9 Å². The van der Waals surface area contributed by atoms with Gasteiger partial charge in [-0.1, -0.05) is 30.4 Å². The van der Waals surface area contributed by atoms with E-state index >= 15 is 0 Å². The molecule has 0 aromatic heterocycles. The molecule has 0 aliphatic heterocycles. The van der Waals surface area contributed by atoms with Gasteiger partial charge in [-0.05, 0) is 26.0 Å². The molecule has 1 atom stereocenters. The highest BCUT2D eigenvalue weighted by Gasteiger charge is 2.29. The van der Waals surface area contributed by atoms with Gasteiger partial charge in [-0.25, -0.2) is 8.42 Å². The van der Waals surface area contributed by atoms with Crippen LogP contribution in [0.25, 0.3) is 0 Å². The van der Waals surface area contributed by atoms with Gasteiger partial charge in [0.2, 0.25) is 10.0 Å². The monoisotopic (exact) mass is 272 g/mol. The smallest absolute Gasteiger partial charge is 0.244 e. The van der Waals surface area contributed by atoms with E-state index in [0.29, 0.717) is 12.2 Å². The van der Waals surface area contributed by atoms with E-state index in [1.165, 1.54) is 11.2 Å². The van der Waals surface area contributed by atoms with E-state index < -0.39 is 15.3 Å². The summed E-state index contributed by atoms with van der Waals surface area (Å²) in [6.07, 6.45) is 0. The highest BCUT2D eigenvalue weighted by atomic mass is 32.2. The lowest BCUT2D eigenvalue weighted by atomic mass is 10.3. The van der Waals surface area contributed by atoms with E-state index in [4.69, 9.17) is 18.0 Å². The second-order valence-electron chi connectivity index (χ2n) is 3.59. The number of anilines is 1. The Balaban J connectivity index is 3.16. The Bertz CT molecular complexity index is 485. The zero-order chi connectivity index (χ0) is 13.1. The first kappa shape index (κ1) is 13.9. The van der Waals surface area contributed by atoms with Gasteiger partial charge in [0.1, 0.15) is 5.25 Å². The van der Waals surface area contributed by atoms with Crippen LogP contribution in [0.3, 0.4) is 0 Å². The number of rotatable bonds is 5. The number of hydrogen-bond donors (Lipinski definition) is 1. The number of para-hydroxylation sites is 1. The molecule has 2 N–H and O–H groups in total. The predicted octanol–water partition coefficient (Wildman–Crippen LogP) is 1.52. The molecule has 0 aliphatic carbocycles. The van der Waals surface area contributed by atoms with Crippen molar-refractivity contribution in [3.8, 4) is 0 Å². The zero-order valence-corrected chi connectivity index (χ0v) is 11.5. The van der Waals surface area contributed by atoms with Crippen LogP contribution < -0.4 is 10.0 Å². The van der Waals surface area contributed by atoms with Crippen LogP contribution in [0.5, 0.6) is 0 Å². The summed E-state index contributed by atoms with van der Waals surface area (Å²) in [6, 6.07) is 8.90. The summed E-state index contributed by atoms with van der Waals surface area (Å²) in [6.45, 7) is 3.62. The Hall–Kier alpha value is -1.14. The summed E-state index contributed by atoms with van der Waals surface area (Å²) < 4.78 is 25.8. The van der Waals surface area contributed by atoms with Crippen molar-refractivity contribution in [2.45, 2.75) is 19.1 Å². The van der Waals surface area contributed by atoms with Crippen molar-refractivity contribution in [2.24, 2.45) is 5.73 Å². The Morgan fingerprint density at radius 3 is 2.35 bits per heavy atom. The average Bonchev–Trinajstić information content (AvgIpc) is 2.29. The number of nitrogens with zero attached hydrogens (tertiary/aromatic N) is 1. The summed E-state index contributed by atoms with van der Waals surface area (Å²) in [4.78, 5) is -0.0145. The molecular formula is C11H16N2O2S2. The Kier molecular flexibility index (Phi) is 4.47. The lowest BCUT2D eigenvalue weighted by Crippen LogP contribution is -2.43. The second-order valence-corrected chi connectivity index (χ2v) is 6.24. The second kappa shape index (κ2) is 5.46. The first-order valence-corrected chi connectivity index (χ1v) is 7.18. The van der Waals surface area contributed by atoms with Gasteiger partial charge in [0.25, 0.3) is 0 Å². The molecule has 1 aromatic rings. The normalized spacial score (nSPS) is 13.1. The number of benzene rings is 1. The van der Waals surface area contributed by atoms with E-state index in [2.05, 4.69) is 0 Å². The van der Waals surface area contributed by atoms with Crippen LogP contribution in [0, 0.1) is 0 Å². The molecule has 1 unspecified atom stereocenters. The van der Waals surface area contributed by atoms with E-state index in [0.717, 1.165) is 0 Å². The lowest BCUT2D eigenvalue weighted by Gasteiger charge is -2.26. The van der Waals surface area contributed by atoms with Crippen molar-refractivity contribution in [2.75, 3.05) is 10.8 Å². The third-order valence-corrected chi connectivity index (χ3v) is 5.22. The van der Waals surface area contributed by atoms with Crippen LogP contribution in [0.1, 0.15) is 13.8 Å². The van der Waals surface area contributed by atoms with Gasteiger partial charge in [0, 0.05) is 6.54 Å². The highest BCUT2D eigenvalue weighted by molar-refractivity contribution is 7.95. The van der Waals surface area contributed by atoms with Crippen LogP contribution in [0.15, 0.2) is 30.3 Å². The number of hydrogen-bond acceptors (Lipinski definition) is 3.